The van der Waals surface area contributed by atoms with Crippen LogP contribution in [0.4, 0.5) is 0 Å². The van der Waals surface area contributed by atoms with E-state index in [1.165, 1.54) is 51.6 Å². The summed E-state index contributed by atoms with van der Waals surface area (Å²) in [5.74, 6) is 1.60. The Morgan fingerprint density at radius 1 is 1.00 bits per heavy atom. The van der Waals surface area contributed by atoms with E-state index in [1.807, 2.05) is 0 Å². The van der Waals surface area contributed by atoms with Crippen LogP contribution in [-0.4, -0.2) is 73.5 Å². The minimum absolute atomic E-state index is 0.291. The lowest BCUT2D eigenvalue weighted by molar-refractivity contribution is -0.134. The molecule has 2 saturated heterocycles. The number of guanidine groups is 1. The molecule has 1 aliphatic carbocycles. The molecule has 2 aliphatic heterocycles. The third kappa shape index (κ3) is 6.64. The highest BCUT2D eigenvalue weighted by Crippen LogP contribution is 2.27. The molecule has 0 radical (unpaired) electrons. The van der Waals surface area contributed by atoms with Crippen molar-refractivity contribution < 1.29 is 4.79 Å². The number of amides is 1. The van der Waals surface area contributed by atoms with E-state index in [9.17, 15) is 4.79 Å². The molecule has 28 heavy (non-hydrogen) atoms. The number of rotatable bonds is 7. The Kier molecular flexibility index (Phi) is 8.90. The first-order valence-electron chi connectivity index (χ1n) is 11.8. The van der Waals surface area contributed by atoms with Crippen molar-refractivity contribution in [3.63, 3.8) is 0 Å². The van der Waals surface area contributed by atoms with Gasteiger partial charge in [-0.25, -0.2) is 0 Å². The van der Waals surface area contributed by atoms with Crippen LogP contribution >= 0.6 is 0 Å². The third-order valence-corrected chi connectivity index (χ3v) is 6.49. The maximum atomic E-state index is 12.6. The Hall–Kier alpha value is -1.30. The van der Waals surface area contributed by atoms with E-state index in [4.69, 9.17) is 4.99 Å². The van der Waals surface area contributed by atoms with E-state index in [0.717, 1.165) is 64.4 Å². The van der Waals surface area contributed by atoms with Crippen LogP contribution in [0.1, 0.15) is 71.1 Å². The van der Waals surface area contributed by atoms with Gasteiger partial charge in [-0.1, -0.05) is 25.7 Å². The summed E-state index contributed by atoms with van der Waals surface area (Å²) in [5.41, 5.74) is 0. The first kappa shape index (κ1) is 21.4. The largest absolute Gasteiger partial charge is 0.357 e. The summed E-state index contributed by atoms with van der Waals surface area (Å²) < 4.78 is 0. The van der Waals surface area contributed by atoms with Crippen molar-refractivity contribution in [1.29, 1.82) is 0 Å². The first-order valence-corrected chi connectivity index (χ1v) is 11.8. The van der Waals surface area contributed by atoms with Gasteiger partial charge >= 0.3 is 0 Å². The number of aliphatic imine (C=N–C) groups is 1. The second-order valence-corrected chi connectivity index (χ2v) is 8.77. The lowest BCUT2D eigenvalue weighted by Gasteiger charge is -2.22. The SMILES string of the molecule is CCNC(=NCCCN1CCCCCC1)NC1CCN(C(=O)C2CCCC2)C1. The van der Waals surface area contributed by atoms with Crippen LogP contribution in [-0.2, 0) is 4.79 Å². The predicted molar refractivity (Wildman–Crippen MR) is 116 cm³/mol. The molecule has 1 saturated carbocycles. The molecule has 3 rings (SSSR count). The van der Waals surface area contributed by atoms with Gasteiger partial charge in [0.15, 0.2) is 5.96 Å². The number of nitrogens with zero attached hydrogens (tertiary/aromatic N) is 3. The van der Waals surface area contributed by atoms with Crippen LogP contribution in [0, 0.1) is 5.92 Å². The molecule has 1 amide bonds. The number of hydrogen-bond acceptors (Lipinski definition) is 3. The van der Waals surface area contributed by atoms with Crippen molar-refractivity contribution in [3.05, 3.63) is 0 Å². The quantitative estimate of drug-likeness (QED) is 0.398. The Bertz CT molecular complexity index is 495. The molecule has 0 aromatic rings. The van der Waals surface area contributed by atoms with E-state index >= 15 is 0 Å². The van der Waals surface area contributed by atoms with E-state index in [2.05, 4.69) is 27.4 Å². The summed E-state index contributed by atoms with van der Waals surface area (Å²) >= 11 is 0. The van der Waals surface area contributed by atoms with Crippen molar-refractivity contribution in [2.45, 2.75) is 77.2 Å². The summed E-state index contributed by atoms with van der Waals surface area (Å²) in [6.07, 6.45) is 12.3. The molecule has 1 unspecified atom stereocenters. The van der Waals surface area contributed by atoms with Crippen molar-refractivity contribution in [2.75, 3.05) is 45.8 Å². The van der Waals surface area contributed by atoms with Crippen LogP contribution in [0.5, 0.6) is 0 Å². The molecular weight excluding hydrogens is 350 g/mol. The van der Waals surface area contributed by atoms with E-state index < -0.39 is 0 Å². The average molecular weight is 392 g/mol. The van der Waals surface area contributed by atoms with Crippen LogP contribution < -0.4 is 10.6 Å². The summed E-state index contributed by atoms with van der Waals surface area (Å²) in [6.45, 7) is 9.24. The monoisotopic (exact) mass is 391 g/mol. The highest BCUT2D eigenvalue weighted by molar-refractivity contribution is 5.81. The number of carbonyl (C=O) groups is 1. The molecule has 0 aromatic carbocycles. The standard InChI is InChI=1S/C22H41N5O/c1-2-23-22(24-13-9-16-26-14-7-3-4-8-15-26)25-20-12-17-27(18-20)21(28)19-10-5-6-11-19/h19-20H,2-18H2,1H3,(H2,23,24,25). The maximum absolute atomic E-state index is 12.6. The molecule has 3 aliphatic rings. The van der Waals surface area contributed by atoms with Gasteiger partial charge in [0.2, 0.25) is 5.91 Å². The van der Waals surface area contributed by atoms with Gasteiger partial charge in [0.1, 0.15) is 0 Å². The zero-order chi connectivity index (χ0) is 19.6. The fourth-order valence-electron chi connectivity index (χ4n) is 4.87. The zero-order valence-electron chi connectivity index (χ0n) is 17.9. The smallest absolute Gasteiger partial charge is 0.225 e. The Morgan fingerprint density at radius 3 is 2.46 bits per heavy atom. The van der Waals surface area contributed by atoms with Gasteiger partial charge in [-0.15, -0.1) is 0 Å². The number of carbonyl (C=O) groups excluding carboxylic acids is 1. The molecule has 160 valence electrons. The Balaban J connectivity index is 1.39. The fraction of sp³-hybridized carbons (Fsp3) is 0.909. The van der Waals surface area contributed by atoms with E-state index in [-0.39, 0.29) is 0 Å². The van der Waals surface area contributed by atoms with Crippen molar-refractivity contribution >= 4 is 11.9 Å². The topological polar surface area (TPSA) is 60.0 Å². The van der Waals surface area contributed by atoms with Crippen LogP contribution in [0.15, 0.2) is 4.99 Å². The molecule has 0 spiro atoms. The van der Waals surface area contributed by atoms with Gasteiger partial charge in [0.05, 0.1) is 0 Å². The maximum Gasteiger partial charge on any atom is 0.225 e. The van der Waals surface area contributed by atoms with Gasteiger partial charge in [0.25, 0.3) is 0 Å². The summed E-state index contributed by atoms with van der Waals surface area (Å²) in [5, 5.41) is 6.95. The lowest BCUT2D eigenvalue weighted by atomic mass is 10.1. The number of nitrogens with one attached hydrogen (secondary N) is 2. The van der Waals surface area contributed by atoms with Crippen molar-refractivity contribution in [3.8, 4) is 0 Å². The molecule has 1 atom stereocenters. The van der Waals surface area contributed by atoms with Gasteiger partial charge in [-0.3, -0.25) is 9.79 Å². The zero-order valence-corrected chi connectivity index (χ0v) is 17.9. The van der Waals surface area contributed by atoms with Gasteiger partial charge < -0.3 is 20.4 Å². The number of likely N-dealkylation sites (tertiary alicyclic amines) is 2. The summed E-state index contributed by atoms with van der Waals surface area (Å²) in [7, 11) is 0. The molecule has 6 nitrogen and oxygen atoms in total. The second kappa shape index (κ2) is 11.6. The van der Waals surface area contributed by atoms with Crippen molar-refractivity contribution in [1.82, 2.24) is 20.4 Å². The lowest BCUT2D eigenvalue weighted by Crippen LogP contribution is -2.45. The van der Waals surface area contributed by atoms with Crippen LogP contribution in [0.2, 0.25) is 0 Å². The first-order chi connectivity index (χ1) is 13.8. The normalized spacial score (nSPS) is 25.1. The van der Waals surface area contributed by atoms with Crippen LogP contribution in [0.3, 0.4) is 0 Å². The average Bonchev–Trinajstić information content (AvgIpc) is 3.33. The van der Waals surface area contributed by atoms with Gasteiger partial charge in [-0.2, -0.15) is 0 Å². The summed E-state index contributed by atoms with van der Waals surface area (Å²) in [4.78, 5) is 22.1. The Labute approximate surface area is 171 Å². The molecule has 0 aromatic heterocycles. The molecule has 3 fully saturated rings. The number of hydrogen-bond donors (Lipinski definition) is 2. The van der Waals surface area contributed by atoms with Gasteiger partial charge in [0, 0.05) is 38.1 Å². The fourth-order valence-corrected chi connectivity index (χ4v) is 4.87. The summed E-state index contributed by atoms with van der Waals surface area (Å²) in [6, 6.07) is 0.328. The van der Waals surface area contributed by atoms with E-state index in [1.54, 1.807) is 0 Å². The highest BCUT2D eigenvalue weighted by Gasteiger charge is 2.32. The molecule has 0 bridgehead atoms. The third-order valence-electron chi connectivity index (χ3n) is 6.49. The predicted octanol–water partition coefficient (Wildman–Crippen LogP) is 2.60. The molecule has 2 heterocycles. The minimum atomic E-state index is 0.291. The van der Waals surface area contributed by atoms with Crippen molar-refractivity contribution in [2.24, 2.45) is 10.9 Å². The molecule has 6 heteroatoms. The molecular formula is C22H41N5O. The van der Waals surface area contributed by atoms with E-state index in [0.29, 0.717) is 17.9 Å². The highest BCUT2D eigenvalue weighted by atomic mass is 16.2. The second-order valence-electron chi connectivity index (χ2n) is 8.77. The van der Waals surface area contributed by atoms with Gasteiger partial charge in [-0.05, 0) is 65.1 Å². The van der Waals surface area contributed by atoms with Crippen LogP contribution in [0.25, 0.3) is 0 Å². The molecule has 2 N–H and O–H groups in total. The Morgan fingerprint density at radius 2 is 1.75 bits per heavy atom. The minimum Gasteiger partial charge on any atom is -0.357 e.